The second-order valence-corrected chi connectivity index (χ2v) is 4.50. The van der Waals surface area contributed by atoms with E-state index in [-0.39, 0.29) is 11.6 Å². The van der Waals surface area contributed by atoms with Gasteiger partial charge in [0, 0.05) is 0 Å². The van der Waals surface area contributed by atoms with E-state index in [0.717, 1.165) is 0 Å². The topological polar surface area (TPSA) is 68.9 Å². The van der Waals surface area contributed by atoms with Crippen LogP contribution in [0.2, 0.25) is 5.02 Å². The summed E-state index contributed by atoms with van der Waals surface area (Å²) in [5, 5.41) is 21.1. The first-order valence-electron chi connectivity index (χ1n) is 5.82. The molecule has 6 heteroatoms. The van der Waals surface area contributed by atoms with Gasteiger partial charge in [-0.15, -0.1) is 0 Å². The molecule has 0 saturated carbocycles. The minimum atomic E-state index is -0.539. The molecule has 0 unspecified atom stereocenters. The van der Waals surface area contributed by atoms with Crippen molar-refractivity contribution in [3.63, 3.8) is 0 Å². The molecule has 0 aliphatic carbocycles. The molecule has 0 amide bonds. The van der Waals surface area contributed by atoms with Gasteiger partial charge < -0.3 is 10.4 Å². The van der Waals surface area contributed by atoms with Crippen LogP contribution in [-0.4, -0.2) is 16.7 Å². The number of nitrogens with zero attached hydrogens (tertiary/aromatic N) is 2. The number of hydrogen-bond donors (Lipinski definition) is 2. The Kier molecular flexibility index (Phi) is 4.51. The average molecular weight is 292 g/mol. The molecule has 0 fully saturated rings. The number of nitriles is 1. The summed E-state index contributed by atoms with van der Waals surface area (Å²) >= 11 is 5.62. The largest absolute Gasteiger partial charge is 0.394 e. The number of halogens is 2. The summed E-state index contributed by atoms with van der Waals surface area (Å²) < 4.78 is 13.4. The third kappa shape index (κ3) is 3.23. The van der Waals surface area contributed by atoms with Crippen LogP contribution >= 0.6 is 11.6 Å². The highest BCUT2D eigenvalue weighted by Gasteiger charge is 2.12. The van der Waals surface area contributed by atoms with E-state index >= 15 is 0 Å². The summed E-state index contributed by atoms with van der Waals surface area (Å²) in [5.41, 5.74) is 1.49. The van der Waals surface area contributed by atoms with Crippen LogP contribution in [0, 0.1) is 17.1 Å². The number of aliphatic hydroxyl groups is 1. The molecule has 1 aromatic carbocycles. The average Bonchev–Trinajstić information content (AvgIpc) is 2.48. The van der Waals surface area contributed by atoms with Gasteiger partial charge in [0.15, 0.2) is 0 Å². The molecule has 0 aliphatic heterocycles. The minimum Gasteiger partial charge on any atom is -0.394 e. The third-order valence-corrected chi connectivity index (χ3v) is 3.05. The van der Waals surface area contributed by atoms with Crippen LogP contribution in [0.4, 0.5) is 10.1 Å². The lowest BCUT2D eigenvalue weighted by atomic mass is 10.1. The lowest BCUT2D eigenvalue weighted by Gasteiger charge is -2.18. The molecule has 0 aliphatic rings. The highest BCUT2D eigenvalue weighted by Crippen LogP contribution is 2.23. The number of aromatic nitrogens is 1. The number of rotatable bonds is 4. The zero-order chi connectivity index (χ0) is 14.5. The molecule has 4 nitrogen and oxygen atoms in total. The summed E-state index contributed by atoms with van der Waals surface area (Å²) in [5.74, 6) is -0.539. The van der Waals surface area contributed by atoms with Crippen molar-refractivity contribution in [1.29, 1.82) is 5.26 Å². The van der Waals surface area contributed by atoms with Crippen molar-refractivity contribution in [2.75, 3.05) is 11.9 Å². The Labute approximate surface area is 120 Å². The Balaban J connectivity index is 2.19. The van der Waals surface area contributed by atoms with E-state index in [0.29, 0.717) is 16.9 Å². The zero-order valence-electron chi connectivity index (χ0n) is 10.3. The number of pyridine rings is 1. The van der Waals surface area contributed by atoms with E-state index in [1.165, 1.54) is 18.3 Å². The van der Waals surface area contributed by atoms with Crippen molar-refractivity contribution in [2.24, 2.45) is 0 Å². The Morgan fingerprint density at radius 3 is 2.75 bits per heavy atom. The van der Waals surface area contributed by atoms with Crippen molar-refractivity contribution in [1.82, 2.24) is 4.98 Å². The monoisotopic (exact) mass is 291 g/mol. The number of benzene rings is 1. The Morgan fingerprint density at radius 1 is 1.40 bits per heavy atom. The third-order valence-electron chi connectivity index (χ3n) is 2.75. The van der Waals surface area contributed by atoms with Crippen molar-refractivity contribution in [3.8, 4) is 6.07 Å². The Morgan fingerprint density at radius 2 is 2.20 bits per heavy atom. The molecule has 0 radical (unpaired) electrons. The van der Waals surface area contributed by atoms with E-state index in [9.17, 15) is 9.50 Å². The normalized spacial score (nSPS) is 11.7. The van der Waals surface area contributed by atoms with Crippen molar-refractivity contribution in [2.45, 2.75) is 6.04 Å². The second kappa shape index (κ2) is 6.33. The molecule has 2 N–H and O–H groups in total. The number of hydrogen-bond acceptors (Lipinski definition) is 4. The minimum absolute atomic E-state index is 0.0329. The van der Waals surface area contributed by atoms with Gasteiger partial charge in [-0.25, -0.2) is 9.37 Å². The summed E-state index contributed by atoms with van der Waals surface area (Å²) in [7, 11) is 0. The van der Waals surface area contributed by atoms with Gasteiger partial charge in [-0.2, -0.15) is 5.26 Å². The summed E-state index contributed by atoms with van der Waals surface area (Å²) in [6.07, 6.45) is 1.48. The van der Waals surface area contributed by atoms with E-state index in [1.807, 2.05) is 6.07 Å². The van der Waals surface area contributed by atoms with Crippen LogP contribution in [-0.2, 0) is 0 Å². The van der Waals surface area contributed by atoms with Gasteiger partial charge in [-0.1, -0.05) is 17.7 Å². The fourth-order valence-corrected chi connectivity index (χ4v) is 1.83. The smallest absolute Gasteiger partial charge is 0.142 e. The number of anilines is 1. The van der Waals surface area contributed by atoms with Crippen LogP contribution in [0.15, 0.2) is 36.5 Å². The molecule has 1 heterocycles. The predicted octanol–water partition coefficient (Wildman–Crippen LogP) is 2.89. The van der Waals surface area contributed by atoms with Crippen molar-refractivity contribution < 1.29 is 9.50 Å². The SMILES string of the molecule is N#Cc1ccc(N[C@H](CO)c2ccc(Cl)c(F)c2)cn1. The molecular formula is C14H11ClFN3O. The zero-order valence-corrected chi connectivity index (χ0v) is 11.1. The van der Waals surface area contributed by atoms with Gasteiger partial charge in [0.1, 0.15) is 17.6 Å². The van der Waals surface area contributed by atoms with Crippen LogP contribution in [0.25, 0.3) is 0 Å². The van der Waals surface area contributed by atoms with Gasteiger partial charge in [-0.3, -0.25) is 0 Å². The Bertz CT molecular complexity index is 640. The molecule has 2 aromatic rings. The second-order valence-electron chi connectivity index (χ2n) is 4.10. The quantitative estimate of drug-likeness (QED) is 0.909. The lowest BCUT2D eigenvalue weighted by molar-refractivity contribution is 0.276. The number of nitrogens with one attached hydrogen (secondary N) is 1. The molecular weight excluding hydrogens is 281 g/mol. The molecule has 1 atom stereocenters. The van der Waals surface area contributed by atoms with Gasteiger partial charge in [0.25, 0.3) is 0 Å². The molecule has 1 aromatic heterocycles. The molecule has 20 heavy (non-hydrogen) atoms. The van der Waals surface area contributed by atoms with E-state index in [1.54, 1.807) is 18.2 Å². The lowest BCUT2D eigenvalue weighted by Crippen LogP contribution is -2.15. The summed E-state index contributed by atoms with van der Waals surface area (Å²) in [4.78, 5) is 3.91. The van der Waals surface area contributed by atoms with Crippen LogP contribution in [0.1, 0.15) is 17.3 Å². The van der Waals surface area contributed by atoms with Gasteiger partial charge in [0.05, 0.1) is 29.6 Å². The predicted molar refractivity (Wildman–Crippen MR) is 73.8 cm³/mol. The first-order valence-corrected chi connectivity index (χ1v) is 6.20. The van der Waals surface area contributed by atoms with E-state index < -0.39 is 11.9 Å². The maximum Gasteiger partial charge on any atom is 0.142 e. The highest BCUT2D eigenvalue weighted by atomic mass is 35.5. The number of aliphatic hydroxyl groups excluding tert-OH is 1. The standard InChI is InChI=1S/C14H11ClFN3O/c15-12-4-1-9(5-13(12)16)14(8-20)19-11-3-2-10(6-17)18-7-11/h1-5,7,14,19-20H,8H2/t14-/m1/s1. The highest BCUT2D eigenvalue weighted by molar-refractivity contribution is 6.30. The van der Waals surface area contributed by atoms with E-state index in [2.05, 4.69) is 10.3 Å². The van der Waals surface area contributed by atoms with E-state index in [4.69, 9.17) is 16.9 Å². The molecule has 0 bridgehead atoms. The van der Waals surface area contributed by atoms with Gasteiger partial charge in [-0.05, 0) is 29.8 Å². The van der Waals surface area contributed by atoms with Crippen LogP contribution < -0.4 is 5.32 Å². The fourth-order valence-electron chi connectivity index (χ4n) is 1.71. The van der Waals surface area contributed by atoms with Crippen LogP contribution in [0.5, 0.6) is 0 Å². The van der Waals surface area contributed by atoms with Crippen molar-refractivity contribution >= 4 is 17.3 Å². The molecule has 0 saturated heterocycles. The molecule has 0 spiro atoms. The van der Waals surface area contributed by atoms with Crippen LogP contribution in [0.3, 0.4) is 0 Å². The molecule has 102 valence electrons. The summed E-state index contributed by atoms with van der Waals surface area (Å²) in [6, 6.07) is 8.99. The summed E-state index contributed by atoms with van der Waals surface area (Å²) in [6.45, 7) is -0.221. The molecule has 2 rings (SSSR count). The van der Waals surface area contributed by atoms with Crippen molar-refractivity contribution in [3.05, 3.63) is 58.6 Å². The maximum absolute atomic E-state index is 13.4. The first kappa shape index (κ1) is 14.3. The van der Waals surface area contributed by atoms with Gasteiger partial charge >= 0.3 is 0 Å². The van der Waals surface area contributed by atoms with Gasteiger partial charge in [0.2, 0.25) is 0 Å². The first-order chi connectivity index (χ1) is 9.63. The fraction of sp³-hybridized carbons (Fsp3) is 0.143. The Hall–Kier alpha value is -2.16. The maximum atomic E-state index is 13.4.